The molecule has 3 rings (SSSR count). The summed E-state index contributed by atoms with van der Waals surface area (Å²) in [5.74, 6) is -0.445. The lowest BCUT2D eigenvalue weighted by Crippen LogP contribution is -2.12. The number of benzene rings is 2. The molecule has 0 fully saturated rings. The second-order valence-electron chi connectivity index (χ2n) is 4.78. The van der Waals surface area contributed by atoms with E-state index in [4.69, 9.17) is 0 Å². The Bertz CT molecular complexity index is 912. The van der Waals surface area contributed by atoms with Crippen LogP contribution in [0.2, 0.25) is 0 Å². The number of nitrogens with one attached hydrogen (secondary N) is 1. The second-order valence-corrected chi connectivity index (χ2v) is 6.49. The maximum atomic E-state index is 12.3. The number of carbonyl (C=O) groups is 1. The van der Waals surface area contributed by atoms with Crippen LogP contribution < -0.4 is 5.32 Å². The lowest BCUT2D eigenvalue weighted by atomic mass is 10.2. The summed E-state index contributed by atoms with van der Waals surface area (Å²) in [6, 6.07) is 13.8. The van der Waals surface area contributed by atoms with Crippen molar-refractivity contribution in [1.82, 2.24) is 4.98 Å². The Morgan fingerprint density at radius 2 is 1.96 bits per heavy atom. The van der Waals surface area contributed by atoms with E-state index in [2.05, 4.69) is 26.2 Å². The molecule has 1 N–H and O–H groups in total. The molecule has 6 nitrogen and oxygen atoms in total. The summed E-state index contributed by atoms with van der Waals surface area (Å²) in [7, 11) is 0. The molecule has 3 aromatic rings. The van der Waals surface area contributed by atoms with Crippen LogP contribution in [0, 0.1) is 10.1 Å². The zero-order valence-electron chi connectivity index (χ0n) is 12.1. The lowest BCUT2D eigenvalue weighted by molar-refractivity contribution is -0.385. The number of hydrogen-bond acceptors (Lipinski definition) is 5. The zero-order chi connectivity index (χ0) is 17.1. The SMILES string of the molecule is O=C(Nc1nc(-c2ccccc2)cs1)c1ccc(Br)c([N+](=O)[O-])c1. The summed E-state index contributed by atoms with van der Waals surface area (Å²) in [6.45, 7) is 0. The molecule has 0 saturated heterocycles. The number of anilines is 1. The van der Waals surface area contributed by atoms with Gasteiger partial charge >= 0.3 is 0 Å². The molecule has 0 unspecified atom stereocenters. The third kappa shape index (κ3) is 3.50. The highest BCUT2D eigenvalue weighted by Crippen LogP contribution is 2.27. The van der Waals surface area contributed by atoms with Crippen LogP contribution in [-0.4, -0.2) is 15.8 Å². The molecular weight excluding hydrogens is 394 g/mol. The molecule has 1 aromatic heterocycles. The van der Waals surface area contributed by atoms with Crippen molar-refractivity contribution in [2.75, 3.05) is 5.32 Å². The molecule has 0 bridgehead atoms. The molecule has 0 radical (unpaired) electrons. The van der Waals surface area contributed by atoms with Crippen molar-refractivity contribution >= 4 is 44.0 Å². The van der Waals surface area contributed by atoms with Gasteiger partial charge in [-0.2, -0.15) is 0 Å². The first-order valence-corrected chi connectivity index (χ1v) is 8.48. The molecule has 8 heteroatoms. The first kappa shape index (κ1) is 16.3. The topological polar surface area (TPSA) is 85.1 Å². The van der Waals surface area contributed by atoms with Gasteiger partial charge in [-0.15, -0.1) is 11.3 Å². The summed E-state index contributed by atoms with van der Waals surface area (Å²) in [4.78, 5) is 27.0. The number of nitrogens with zero attached hydrogens (tertiary/aromatic N) is 2. The molecule has 0 spiro atoms. The van der Waals surface area contributed by atoms with Crippen LogP contribution in [0.1, 0.15) is 10.4 Å². The largest absolute Gasteiger partial charge is 0.298 e. The van der Waals surface area contributed by atoms with Crippen LogP contribution in [0.15, 0.2) is 58.4 Å². The van der Waals surface area contributed by atoms with E-state index < -0.39 is 10.8 Å². The fourth-order valence-corrected chi connectivity index (χ4v) is 3.14. The van der Waals surface area contributed by atoms with Gasteiger partial charge in [0, 0.05) is 22.6 Å². The second kappa shape index (κ2) is 6.90. The maximum absolute atomic E-state index is 12.3. The molecule has 120 valence electrons. The molecule has 1 amide bonds. The number of thiazole rings is 1. The van der Waals surface area contributed by atoms with Crippen LogP contribution >= 0.6 is 27.3 Å². The highest BCUT2D eigenvalue weighted by Gasteiger charge is 2.17. The summed E-state index contributed by atoms with van der Waals surface area (Å²) in [5, 5.41) is 15.9. The summed E-state index contributed by atoms with van der Waals surface area (Å²) in [6.07, 6.45) is 0. The Balaban J connectivity index is 1.80. The van der Waals surface area contributed by atoms with Gasteiger partial charge in [0.05, 0.1) is 15.1 Å². The summed E-state index contributed by atoms with van der Waals surface area (Å²) < 4.78 is 0.324. The van der Waals surface area contributed by atoms with Gasteiger partial charge < -0.3 is 0 Å². The predicted molar refractivity (Wildman–Crippen MR) is 96.3 cm³/mol. The number of nitro groups is 1. The average Bonchev–Trinajstić information content (AvgIpc) is 3.04. The van der Waals surface area contributed by atoms with Crippen LogP contribution in [0.5, 0.6) is 0 Å². The van der Waals surface area contributed by atoms with Crippen LogP contribution in [0.3, 0.4) is 0 Å². The van der Waals surface area contributed by atoms with Crippen molar-refractivity contribution in [2.24, 2.45) is 0 Å². The van der Waals surface area contributed by atoms with Crippen molar-refractivity contribution in [3.8, 4) is 11.3 Å². The van der Waals surface area contributed by atoms with Gasteiger partial charge in [-0.3, -0.25) is 20.2 Å². The normalized spacial score (nSPS) is 10.4. The maximum Gasteiger partial charge on any atom is 0.284 e. The Morgan fingerprint density at radius 1 is 1.21 bits per heavy atom. The van der Waals surface area contributed by atoms with Gasteiger partial charge in [0.1, 0.15) is 0 Å². The lowest BCUT2D eigenvalue weighted by Gasteiger charge is -2.03. The molecule has 2 aromatic carbocycles. The van der Waals surface area contributed by atoms with Gasteiger partial charge in [0.15, 0.2) is 5.13 Å². The fourth-order valence-electron chi connectivity index (χ4n) is 2.04. The van der Waals surface area contributed by atoms with Crippen molar-refractivity contribution in [3.63, 3.8) is 0 Å². The van der Waals surface area contributed by atoms with Gasteiger partial charge in [-0.25, -0.2) is 4.98 Å². The first-order chi connectivity index (χ1) is 11.5. The van der Waals surface area contributed by atoms with E-state index in [9.17, 15) is 14.9 Å². The van der Waals surface area contributed by atoms with Crippen LogP contribution in [-0.2, 0) is 0 Å². The third-order valence-corrected chi connectivity index (χ3v) is 4.63. The molecule has 0 saturated carbocycles. The Labute approximate surface area is 149 Å². The number of nitro benzene ring substituents is 1. The minimum Gasteiger partial charge on any atom is -0.298 e. The monoisotopic (exact) mass is 403 g/mol. The van der Waals surface area contributed by atoms with E-state index in [0.29, 0.717) is 9.60 Å². The Kier molecular flexibility index (Phi) is 4.68. The van der Waals surface area contributed by atoms with Gasteiger partial charge in [0.2, 0.25) is 0 Å². The van der Waals surface area contributed by atoms with E-state index in [0.717, 1.165) is 11.3 Å². The highest BCUT2D eigenvalue weighted by molar-refractivity contribution is 9.10. The molecule has 24 heavy (non-hydrogen) atoms. The number of amides is 1. The Morgan fingerprint density at radius 3 is 2.67 bits per heavy atom. The minimum atomic E-state index is -0.544. The predicted octanol–water partition coefficient (Wildman–Crippen LogP) is 4.73. The van der Waals surface area contributed by atoms with Gasteiger partial charge in [-0.05, 0) is 28.1 Å². The van der Waals surface area contributed by atoms with E-state index >= 15 is 0 Å². The smallest absolute Gasteiger partial charge is 0.284 e. The van der Waals surface area contributed by atoms with E-state index in [1.54, 1.807) is 0 Å². The Hall–Kier alpha value is -2.58. The van der Waals surface area contributed by atoms with Crippen molar-refractivity contribution in [2.45, 2.75) is 0 Å². The van der Waals surface area contributed by atoms with E-state index in [1.165, 1.54) is 29.5 Å². The number of hydrogen-bond donors (Lipinski definition) is 1. The van der Waals surface area contributed by atoms with Crippen LogP contribution in [0.4, 0.5) is 10.8 Å². The summed E-state index contributed by atoms with van der Waals surface area (Å²) >= 11 is 4.39. The summed E-state index contributed by atoms with van der Waals surface area (Å²) in [5.41, 5.74) is 1.75. The average molecular weight is 404 g/mol. The van der Waals surface area contributed by atoms with Crippen molar-refractivity contribution in [3.05, 3.63) is 74.1 Å². The van der Waals surface area contributed by atoms with E-state index in [1.807, 2.05) is 35.7 Å². The minimum absolute atomic E-state index is 0.160. The standard InChI is InChI=1S/C16H10BrN3O3S/c17-12-7-6-11(8-14(12)20(22)23)15(21)19-16-18-13(9-24-16)10-4-2-1-3-5-10/h1-9H,(H,18,19,21). The fraction of sp³-hybridized carbons (Fsp3) is 0. The number of aromatic nitrogens is 1. The molecule has 0 aliphatic heterocycles. The van der Waals surface area contributed by atoms with Crippen molar-refractivity contribution < 1.29 is 9.72 Å². The highest BCUT2D eigenvalue weighted by atomic mass is 79.9. The number of halogens is 1. The molecular formula is C16H10BrN3O3S. The first-order valence-electron chi connectivity index (χ1n) is 6.81. The molecule has 1 heterocycles. The van der Waals surface area contributed by atoms with Crippen molar-refractivity contribution in [1.29, 1.82) is 0 Å². The molecule has 0 aliphatic rings. The van der Waals surface area contributed by atoms with E-state index in [-0.39, 0.29) is 11.3 Å². The number of rotatable bonds is 4. The van der Waals surface area contributed by atoms with Gasteiger partial charge in [0.25, 0.3) is 11.6 Å². The molecule has 0 atom stereocenters. The van der Waals surface area contributed by atoms with Crippen LogP contribution in [0.25, 0.3) is 11.3 Å². The quantitative estimate of drug-likeness (QED) is 0.503. The van der Waals surface area contributed by atoms with Gasteiger partial charge in [-0.1, -0.05) is 30.3 Å². The molecule has 0 aliphatic carbocycles. The number of carbonyl (C=O) groups excluding carboxylic acids is 1. The zero-order valence-corrected chi connectivity index (χ0v) is 14.5. The third-order valence-electron chi connectivity index (χ3n) is 3.20.